The fourth-order valence-corrected chi connectivity index (χ4v) is 1.65. The van der Waals surface area contributed by atoms with E-state index in [0.717, 1.165) is 24.2 Å². The Balaban J connectivity index is 2.53. The van der Waals surface area contributed by atoms with Crippen molar-refractivity contribution >= 4 is 11.6 Å². The number of amides is 1. The number of methoxy groups -OCH3 is 1. The lowest BCUT2D eigenvalue weighted by Gasteiger charge is -2.12. The lowest BCUT2D eigenvalue weighted by Crippen LogP contribution is -2.17. The molecule has 1 aromatic carbocycles. The molecule has 0 radical (unpaired) electrons. The van der Waals surface area contributed by atoms with E-state index < -0.39 is 0 Å². The van der Waals surface area contributed by atoms with E-state index in [2.05, 4.69) is 10.6 Å². The van der Waals surface area contributed by atoms with E-state index in [1.807, 2.05) is 38.2 Å². The summed E-state index contributed by atoms with van der Waals surface area (Å²) in [4.78, 5) is 11.8. The van der Waals surface area contributed by atoms with Gasteiger partial charge >= 0.3 is 0 Å². The number of hydrogen-bond acceptors (Lipinski definition) is 3. The highest BCUT2D eigenvalue weighted by Gasteiger charge is 2.08. The fraction of sp³-hybridized carbons (Fsp3) is 0.500. The Bertz CT molecular complexity index is 380. The monoisotopic (exact) mass is 250 g/mol. The first kappa shape index (κ1) is 14.7. The quantitative estimate of drug-likeness (QED) is 0.779. The molecule has 0 aliphatic carbocycles. The summed E-state index contributed by atoms with van der Waals surface area (Å²) in [7, 11) is 3.55. The van der Waals surface area contributed by atoms with Crippen LogP contribution in [-0.4, -0.2) is 26.2 Å². The van der Waals surface area contributed by atoms with E-state index in [1.54, 1.807) is 7.11 Å². The highest BCUT2D eigenvalue weighted by Crippen LogP contribution is 2.15. The average Bonchev–Trinajstić information content (AvgIpc) is 2.38. The van der Waals surface area contributed by atoms with Crippen LogP contribution in [0.3, 0.4) is 0 Å². The smallest absolute Gasteiger partial charge is 0.224 e. The lowest BCUT2D eigenvalue weighted by molar-refractivity contribution is -0.116. The van der Waals surface area contributed by atoms with Gasteiger partial charge in [-0.15, -0.1) is 0 Å². The molecular formula is C14H22N2O2. The summed E-state index contributed by atoms with van der Waals surface area (Å²) in [6.45, 7) is 2.70. The molecule has 0 fully saturated rings. The van der Waals surface area contributed by atoms with Crippen molar-refractivity contribution in [1.29, 1.82) is 0 Å². The Morgan fingerprint density at radius 1 is 1.39 bits per heavy atom. The molecule has 0 aliphatic rings. The molecule has 2 N–H and O–H groups in total. The van der Waals surface area contributed by atoms with Crippen molar-refractivity contribution in [1.82, 2.24) is 5.32 Å². The zero-order valence-corrected chi connectivity index (χ0v) is 11.3. The van der Waals surface area contributed by atoms with Crippen LogP contribution in [0, 0.1) is 0 Å². The molecule has 0 bridgehead atoms. The zero-order chi connectivity index (χ0) is 13.4. The Morgan fingerprint density at radius 2 is 2.11 bits per heavy atom. The predicted octanol–water partition coefficient (Wildman–Crippen LogP) is 2.16. The van der Waals surface area contributed by atoms with Gasteiger partial charge in [-0.2, -0.15) is 0 Å². The van der Waals surface area contributed by atoms with Crippen molar-refractivity contribution in [2.45, 2.75) is 32.4 Å². The summed E-state index contributed by atoms with van der Waals surface area (Å²) in [5.41, 5.74) is 1.97. The van der Waals surface area contributed by atoms with Gasteiger partial charge < -0.3 is 15.4 Å². The third-order valence-electron chi connectivity index (χ3n) is 2.84. The van der Waals surface area contributed by atoms with E-state index in [-0.39, 0.29) is 12.0 Å². The molecule has 0 aromatic heterocycles. The van der Waals surface area contributed by atoms with E-state index in [9.17, 15) is 4.79 Å². The summed E-state index contributed by atoms with van der Waals surface area (Å²) in [5.74, 6) is 0.0300. The van der Waals surface area contributed by atoms with Crippen molar-refractivity contribution in [2.75, 3.05) is 19.5 Å². The van der Waals surface area contributed by atoms with Crippen LogP contribution in [0.2, 0.25) is 0 Å². The third kappa shape index (κ3) is 4.85. The molecule has 4 nitrogen and oxygen atoms in total. The largest absolute Gasteiger partial charge is 0.382 e. The molecule has 0 saturated carbocycles. The van der Waals surface area contributed by atoms with Crippen LogP contribution in [0.15, 0.2) is 24.3 Å². The number of para-hydroxylation sites is 1. The van der Waals surface area contributed by atoms with E-state index in [4.69, 9.17) is 4.74 Å². The number of nitrogens with one attached hydrogen (secondary N) is 2. The standard InChI is InChI=1S/C14H22N2O2/c1-11(18-3)8-9-14(17)16-13-7-5-4-6-12(13)10-15-2/h4-7,11,15H,8-10H2,1-3H3,(H,16,17). The Labute approximate surface area is 109 Å². The predicted molar refractivity (Wildman–Crippen MR) is 73.5 cm³/mol. The minimum atomic E-state index is 0.0300. The number of ether oxygens (including phenoxy) is 1. The highest BCUT2D eigenvalue weighted by molar-refractivity contribution is 5.91. The van der Waals surface area contributed by atoms with Gasteiger partial charge in [0.1, 0.15) is 0 Å². The summed E-state index contributed by atoms with van der Waals surface area (Å²) in [6, 6.07) is 7.82. The van der Waals surface area contributed by atoms with Crippen LogP contribution in [-0.2, 0) is 16.1 Å². The van der Waals surface area contributed by atoms with Crippen molar-refractivity contribution in [3.05, 3.63) is 29.8 Å². The molecule has 100 valence electrons. The number of hydrogen-bond donors (Lipinski definition) is 2. The second kappa shape index (κ2) is 7.84. The summed E-state index contributed by atoms with van der Waals surface area (Å²) < 4.78 is 5.12. The van der Waals surface area contributed by atoms with E-state index >= 15 is 0 Å². The van der Waals surface area contributed by atoms with Crippen molar-refractivity contribution in [3.8, 4) is 0 Å². The van der Waals surface area contributed by atoms with Crippen molar-refractivity contribution in [3.63, 3.8) is 0 Å². The molecule has 1 aromatic rings. The first-order valence-corrected chi connectivity index (χ1v) is 6.22. The topological polar surface area (TPSA) is 50.4 Å². The lowest BCUT2D eigenvalue weighted by atomic mass is 10.1. The molecular weight excluding hydrogens is 228 g/mol. The molecule has 0 spiro atoms. The van der Waals surface area contributed by atoms with Gasteiger partial charge in [0.15, 0.2) is 0 Å². The Morgan fingerprint density at radius 3 is 2.78 bits per heavy atom. The maximum absolute atomic E-state index is 11.8. The van der Waals surface area contributed by atoms with Crippen LogP contribution >= 0.6 is 0 Å². The molecule has 18 heavy (non-hydrogen) atoms. The third-order valence-corrected chi connectivity index (χ3v) is 2.84. The van der Waals surface area contributed by atoms with Crippen molar-refractivity contribution in [2.24, 2.45) is 0 Å². The number of carbonyl (C=O) groups excluding carboxylic acids is 1. The molecule has 0 aliphatic heterocycles. The normalized spacial score (nSPS) is 12.2. The first-order chi connectivity index (χ1) is 8.67. The molecule has 1 atom stereocenters. The highest BCUT2D eigenvalue weighted by atomic mass is 16.5. The second-order valence-electron chi connectivity index (χ2n) is 4.32. The summed E-state index contributed by atoms with van der Waals surface area (Å²) in [5, 5.41) is 6.03. The fourth-order valence-electron chi connectivity index (χ4n) is 1.65. The van der Waals surface area contributed by atoms with Gasteiger partial charge in [-0.1, -0.05) is 18.2 Å². The number of benzene rings is 1. The van der Waals surface area contributed by atoms with Crippen molar-refractivity contribution < 1.29 is 9.53 Å². The van der Waals surface area contributed by atoms with Gasteiger partial charge in [0, 0.05) is 25.8 Å². The molecule has 4 heteroatoms. The Kier molecular flexibility index (Phi) is 6.39. The average molecular weight is 250 g/mol. The molecule has 1 unspecified atom stereocenters. The minimum absolute atomic E-state index is 0.0300. The van der Waals surface area contributed by atoms with Gasteiger partial charge in [0.25, 0.3) is 0 Å². The summed E-state index contributed by atoms with van der Waals surface area (Å²) in [6.07, 6.45) is 1.32. The molecule has 1 amide bonds. The zero-order valence-electron chi connectivity index (χ0n) is 11.3. The van der Waals surface area contributed by atoms with Gasteiger partial charge in [-0.3, -0.25) is 4.79 Å². The maximum atomic E-state index is 11.8. The van der Waals surface area contributed by atoms with Crippen LogP contribution in [0.1, 0.15) is 25.3 Å². The number of rotatable bonds is 7. The van der Waals surface area contributed by atoms with Gasteiger partial charge in [0.2, 0.25) is 5.91 Å². The van der Waals surface area contributed by atoms with E-state index in [1.165, 1.54) is 0 Å². The van der Waals surface area contributed by atoms with Crippen LogP contribution in [0.5, 0.6) is 0 Å². The van der Waals surface area contributed by atoms with Crippen LogP contribution < -0.4 is 10.6 Å². The van der Waals surface area contributed by atoms with Crippen LogP contribution in [0.25, 0.3) is 0 Å². The van der Waals surface area contributed by atoms with E-state index in [0.29, 0.717) is 6.42 Å². The maximum Gasteiger partial charge on any atom is 0.224 e. The molecule has 1 rings (SSSR count). The second-order valence-corrected chi connectivity index (χ2v) is 4.32. The van der Waals surface area contributed by atoms with Gasteiger partial charge in [-0.25, -0.2) is 0 Å². The number of carbonyl (C=O) groups is 1. The number of anilines is 1. The Hall–Kier alpha value is -1.39. The van der Waals surface area contributed by atoms with Crippen LogP contribution in [0.4, 0.5) is 5.69 Å². The minimum Gasteiger partial charge on any atom is -0.382 e. The molecule has 0 saturated heterocycles. The molecule has 0 heterocycles. The SMILES string of the molecule is CNCc1ccccc1NC(=O)CCC(C)OC. The first-order valence-electron chi connectivity index (χ1n) is 6.22. The van der Waals surface area contributed by atoms with Gasteiger partial charge in [-0.05, 0) is 32.0 Å². The summed E-state index contributed by atoms with van der Waals surface area (Å²) >= 11 is 0. The van der Waals surface area contributed by atoms with Gasteiger partial charge in [0.05, 0.1) is 6.10 Å².